The standard InChI is InChI=1S/C19H22FN5O/c20-18-5-1-2-6-19(18)25-13-16(11-22-25)12-23-8-4-10-26-17(14-23)15-24-9-3-7-21-24/h1-3,5-7,9,11,13,17H,4,8,10,12,14-15H2/t17-/m1/s1. The van der Waals surface area contributed by atoms with Crippen LogP contribution < -0.4 is 0 Å². The molecule has 0 N–H and O–H groups in total. The Morgan fingerprint density at radius 1 is 1.19 bits per heavy atom. The quantitative estimate of drug-likeness (QED) is 0.706. The third-order valence-electron chi connectivity index (χ3n) is 4.53. The first-order chi connectivity index (χ1) is 12.8. The topological polar surface area (TPSA) is 48.1 Å². The molecule has 0 amide bonds. The van der Waals surface area contributed by atoms with Crippen molar-refractivity contribution in [3.63, 3.8) is 0 Å². The van der Waals surface area contributed by atoms with Crippen LogP contribution in [0.3, 0.4) is 0 Å². The van der Waals surface area contributed by atoms with Gasteiger partial charge in [-0.1, -0.05) is 12.1 Å². The molecule has 3 aromatic rings. The van der Waals surface area contributed by atoms with Crippen LogP contribution in [0.4, 0.5) is 4.39 Å². The summed E-state index contributed by atoms with van der Waals surface area (Å²) in [6, 6.07) is 8.59. The minimum Gasteiger partial charge on any atom is -0.375 e. The molecule has 1 fully saturated rings. The fourth-order valence-electron chi connectivity index (χ4n) is 3.31. The van der Waals surface area contributed by atoms with Gasteiger partial charge in [-0.25, -0.2) is 9.07 Å². The van der Waals surface area contributed by atoms with E-state index >= 15 is 0 Å². The SMILES string of the molecule is Fc1ccccc1-n1cc(CN2CCCO[C@@H](Cn3cccn3)C2)cn1. The van der Waals surface area contributed by atoms with Gasteiger partial charge in [0, 0.05) is 50.4 Å². The largest absolute Gasteiger partial charge is 0.375 e. The Balaban J connectivity index is 1.42. The van der Waals surface area contributed by atoms with Crippen LogP contribution in [0.5, 0.6) is 0 Å². The first-order valence-corrected chi connectivity index (χ1v) is 8.88. The van der Waals surface area contributed by atoms with E-state index in [-0.39, 0.29) is 11.9 Å². The average Bonchev–Trinajstić information content (AvgIpc) is 3.26. The Labute approximate surface area is 151 Å². The maximum absolute atomic E-state index is 13.9. The van der Waals surface area contributed by atoms with Gasteiger partial charge in [0.15, 0.2) is 0 Å². The second kappa shape index (κ2) is 7.80. The van der Waals surface area contributed by atoms with Gasteiger partial charge in [0.1, 0.15) is 11.5 Å². The number of para-hydroxylation sites is 1. The normalized spacial score (nSPS) is 18.7. The molecule has 0 bridgehead atoms. The molecule has 0 saturated carbocycles. The number of ether oxygens (including phenoxy) is 1. The molecule has 0 unspecified atom stereocenters. The van der Waals surface area contributed by atoms with Crippen LogP contribution in [0.2, 0.25) is 0 Å². The molecule has 1 atom stereocenters. The Morgan fingerprint density at radius 3 is 2.96 bits per heavy atom. The summed E-state index contributed by atoms with van der Waals surface area (Å²) in [5.74, 6) is -0.274. The molecule has 4 rings (SSSR count). The molecule has 1 aliphatic heterocycles. The van der Waals surface area contributed by atoms with E-state index in [2.05, 4.69) is 15.1 Å². The van der Waals surface area contributed by atoms with Gasteiger partial charge in [-0.3, -0.25) is 9.58 Å². The fraction of sp³-hybridized carbons (Fsp3) is 0.368. The molecule has 2 aromatic heterocycles. The van der Waals surface area contributed by atoms with E-state index in [1.165, 1.54) is 6.07 Å². The van der Waals surface area contributed by atoms with E-state index in [1.807, 2.05) is 29.2 Å². The summed E-state index contributed by atoms with van der Waals surface area (Å²) >= 11 is 0. The highest BCUT2D eigenvalue weighted by Crippen LogP contribution is 2.15. The first kappa shape index (κ1) is 16.9. The van der Waals surface area contributed by atoms with Gasteiger partial charge in [-0.15, -0.1) is 0 Å². The van der Waals surface area contributed by atoms with Crippen molar-refractivity contribution >= 4 is 0 Å². The Hall–Kier alpha value is -2.51. The molecule has 136 valence electrons. The molecule has 6 nitrogen and oxygen atoms in total. The lowest BCUT2D eigenvalue weighted by Crippen LogP contribution is -2.34. The molecular formula is C19H22FN5O. The van der Waals surface area contributed by atoms with Gasteiger partial charge < -0.3 is 4.74 Å². The molecule has 7 heteroatoms. The first-order valence-electron chi connectivity index (χ1n) is 8.88. The predicted molar refractivity (Wildman–Crippen MR) is 95.4 cm³/mol. The van der Waals surface area contributed by atoms with Crippen molar-refractivity contribution in [1.29, 1.82) is 0 Å². The summed E-state index contributed by atoms with van der Waals surface area (Å²) in [7, 11) is 0. The third-order valence-corrected chi connectivity index (χ3v) is 4.53. The molecule has 0 radical (unpaired) electrons. The highest BCUT2D eigenvalue weighted by molar-refractivity contribution is 5.32. The van der Waals surface area contributed by atoms with Crippen LogP contribution >= 0.6 is 0 Å². The summed E-state index contributed by atoms with van der Waals surface area (Å²) in [4.78, 5) is 2.36. The van der Waals surface area contributed by atoms with Gasteiger partial charge in [0.05, 0.1) is 18.8 Å². The molecule has 0 spiro atoms. The van der Waals surface area contributed by atoms with Crippen LogP contribution in [0.1, 0.15) is 12.0 Å². The minimum absolute atomic E-state index is 0.110. The predicted octanol–water partition coefficient (Wildman–Crippen LogP) is 2.50. The molecule has 1 aromatic carbocycles. The molecule has 1 aliphatic rings. The number of rotatable bonds is 5. The number of nitrogens with zero attached hydrogens (tertiary/aromatic N) is 5. The fourth-order valence-corrected chi connectivity index (χ4v) is 3.31. The molecule has 0 aliphatic carbocycles. The van der Waals surface area contributed by atoms with E-state index in [0.717, 1.165) is 44.8 Å². The van der Waals surface area contributed by atoms with Gasteiger partial charge in [0.2, 0.25) is 0 Å². The molecular weight excluding hydrogens is 333 g/mol. The number of aromatic nitrogens is 4. The zero-order chi connectivity index (χ0) is 17.8. The average molecular weight is 355 g/mol. The zero-order valence-electron chi connectivity index (χ0n) is 14.5. The molecule has 1 saturated heterocycles. The van der Waals surface area contributed by atoms with Crippen LogP contribution in [0, 0.1) is 5.82 Å². The van der Waals surface area contributed by atoms with E-state index in [1.54, 1.807) is 29.2 Å². The summed E-state index contributed by atoms with van der Waals surface area (Å²) in [5, 5.41) is 8.59. The van der Waals surface area contributed by atoms with Gasteiger partial charge in [0.25, 0.3) is 0 Å². The monoisotopic (exact) mass is 355 g/mol. The maximum Gasteiger partial charge on any atom is 0.148 e. The Bertz CT molecular complexity index is 832. The summed E-state index contributed by atoms with van der Waals surface area (Å²) in [6.07, 6.45) is 8.55. The third kappa shape index (κ3) is 4.00. The molecule has 26 heavy (non-hydrogen) atoms. The van der Waals surface area contributed by atoms with E-state index < -0.39 is 0 Å². The van der Waals surface area contributed by atoms with Crippen molar-refractivity contribution in [3.05, 3.63) is 66.5 Å². The Morgan fingerprint density at radius 2 is 2.12 bits per heavy atom. The van der Waals surface area contributed by atoms with Crippen molar-refractivity contribution in [2.24, 2.45) is 0 Å². The van der Waals surface area contributed by atoms with Crippen LogP contribution in [-0.2, 0) is 17.8 Å². The van der Waals surface area contributed by atoms with Crippen LogP contribution in [-0.4, -0.2) is 50.3 Å². The summed E-state index contributed by atoms with van der Waals surface area (Å²) in [6.45, 7) is 4.09. The number of hydrogen-bond acceptors (Lipinski definition) is 4. The summed E-state index contributed by atoms with van der Waals surface area (Å²) < 4.78 is 23.4. The smallest absolute Gasteiger partial charge is 0.148 e. The van der Waals surface area contributed by atoms with Crippen molar-refractivity contribution < 1.29 is 9.13 Å². The lowest BCUT2D eigenvalue weighted by Gasteiger charge is -2.23. The number of benzene rings is 1. The highest BCUT2D eigenvalue weighted by atomic mass is 19.1. The second-order valence-corrected chi connectivity index (χ2v) is 6.55. The van der Waals surface area contributed by atoms with Crippen LogP contribution in [0.15, 0.2) is 55.1 Å². The minimum atomic E-state index is -0.274. The van der Waals surface area contributed by atoms with E-state index in [0.29, 0.717) is 5.69 Å². The van der Waals surface area contributed by atoms with E-state index in [4.69, 9.17) is 4.74 Å². The Kier molecular flexibility index (Phi) is 5.08. The van der Waals surface area contributed by atoms with Crippen LogP contribution in [0.25, 0.3) is 5.69 Å². The summed E-state index contributed by atoms with van der Waals surface area (Å²) in [5.41, 5.74) is 1.53. The highest BCUT2D eigenvalue weighted by Gasteiger charge is 2.20. The maximum atomic E-state index is 13.9. The number of halogens is 1. The lowest BCUT2D eigenvalue weighted by molar-refractivity contribution is 0.0391. The van der Waals surface area contributed by atoms with E-state index in [9.17, 15) is 4.39 Å². The second-order valence-electron chi connectivity index (χ2n) is 6.55. The van der Waals surface area contributed by atoms with Crippen molar-refractivity contribution in [2.75, 3.05) is 19.7 Å². The van der Waals surface area contributed by atoms with Gasteiger partial charge in [-0.2, -0.15) is 10.2 Å². The van der Waals surface area contributed by atoms with Crippen molar-refractivity contribution in [2.45, 2.75) is 25.6 Å². The number of hydrogen-bond donors (Lipinski definition) is 0. The lowest BCUT2D eigenvalue weighted by atomic mass is 10.2. The van der Waals surface area contributed by atoms with Crippen molar-refractivity contribution in [3.8, 4) is 5.69 Å². The zero-order valence-corrected chi connectivity index (χ0v) is 14.5. The molecule has 3 heterocycles. The van der Waals surface area contributed by atoms with Crippen molar-refractivity contribution in [1.82, 2.24) is 24.5 Å². The van der Waals surface area contributed by atoms with Gasteiger partial charge >= 0.3 is 0 Å². The van der Waals surface area contributed by atoms with Gasteiger partial charge in [-0.05, 0) is 24.6 Å².